The zero-order valence-corrected chi connectivity index (χ0v) is 13.3. The minimum absolute atomic E-state index is 0.199. The highest BCUT2D eigenvalue weighted by molar-refractivity contribution is 6.32. The highest BCUT2D eigenvalue weighted by atomic mass is 35.5. The summed E-state index contributed by atoms with van der Waals surface area (Å²) in [4.78, 5) is 25.0. The summed E-state index contributed by atoms with van der Waals surface area (Å²) in [5.74, 6) is 0.197. The highest BCUT2D eigenvalue weighted by Gasteiger charge is 2.25. The number of cyclic esters (lactones) is 1. The van der Waals surface area contributed by atoms with Crippen LogP contribution in [0.1, 0.15) is 13.8 Å². The van der Waals surface area contributed by atoms with Gasteiger partial charge in [-0.1, -0.05) is 23.7 Å². The van der Waals surface area contributed by atoms with Crippen LogP contribution in [0.15, 0.2) is 24.3 Å². The zero-order chi connectivity index (χ0) is 16.1. The topological polar surface area (TPSA) is 67.9 Å². The van der Waals surface area contributed by atoms with Crippen molar-refractivity contribution in [1.29, 1.82) is 0 Å². The van der Waals surface area contributed by atoms with Crippen molar-refractivity contribution in [1.82, 2.24) is 10.2 Å². The molecule has 1 aliphatic rings. The molecule has 6 nitrogen and oxygen atoms in total. The van der Waals surface area contributed by atoms with E-state index in [1.165, 1.54) is 0 Å². The fourth-order valence-corrected chi connectivity index (χ4v) is 2.29. The number of rotatable bonds is 6. The van der Waals surface area contributed by atoms with E-state index in [0.717, 1.165) is 0 Å². The normalized spacial score (nSPS) is 16.9. The molecule has 1 aromatic carbocycles. The highest BCUT2D eigenvalue weighted by Crippen LogP contribution is 2.24. The van der Waals surface area contributed by atoms with Crippen LogP contribution in [-0.2, 0) is 9.53 Å². The van der Waals surface area contributed by atoms with Crippen LogP contribution < -0.4 is 10.1 Å². The Morgan fingerprint density at radius 1 is 1.45 bits per heavy atom. The molecule has 120 valence electrons. The van der Waals surface area contributed by atoms with E-state index in [1.807, 2.05) is 6.92 Å². The molecule has 1 fully saturated rings. The van der Waals surface area contributed by atoms with Gasteiger partial charge in [-0.25, -0.2) is 4.79 Å². The third kappa shape index (κ3) is 4.27. The molecule has 0 unspecified atom stereocenters. The Bertz CT molecular complexity index is 552. The van der Waals surface area contributed by atoms with E-state index in [4.69, 9.17) is 21.1 Å². The van der Waals surface area contributed by atoms with Gasteiger partial charge in [0.1, 0.15) is 12.4 Å². The lowest BCUT2D eigenvalue weighted by atomic mass is 10.2. The van der Waals surface area contributed by atoms with Crippen LogP contribution in [0.5, 0.6) is 5.75 Å². The Morgan fingerprint density at radius 3 is 2.82 bits per heavy atom. The smallest absolute Gasteiger partial charge is 0.410 e. The van der Waals surface area contributed by atoms with Crippen LogP contribution in [0.2, 0.25) is 5.02 Å². The van der Waals surface area contributed by atoms with Gasteiger partial charge in [-0.15, -0.1) is 0 Å². The van der Waals surface area contributed by atoms with Gasteiger partial charge in [0.05, 0.1) is 11.6 Å². The number of hydrogen-bond donors (Lipinski definition) is 1. The number of carbonyl (C=O) groups is 2. The lowest BCUT2D eigenvalue weighted by molar-refractivity contribution is -0.127. The van der Waals surface area contributed by atoms with Gasteiger partial charge in [-0.3, -0.25) is 4.79 Å². The molecular weight excluding hydrogens is 308 g/mol. The SMILES string of the molecule is C[C@H](CN1CCOC1=O)NC(=O)[C@@H](C)Oc1ccccc1Cl. The molecule has 7 heteroatoms. The fourth-order valence-electron chi connectivity index (χ4n) is 2.11. The van der Waals surface area contributed by atoms with E-state index in [0.29, 0.717) is 30.5 Å². The second-order valence-electron chi connectivity index (χ2n) is 5.16. The molecule has 0 aliphatic carbocycles. The molecule has 0 spiro atoms. The Hall–Kier alpha value is -1.95. The summed E-state index contributed by atoms with van der Waals surface area (Å²) in [5.41, 5.74) is 0. The van der Waals surface area contributed by atoms with Crippen molar-refractivity contribution in [3.8, 4) is 5.75 Å². The molecule has 0 aromatic heterocycles. The summed E-state index contributed by atoms with van der Waals surface area (Å²) < 4.78 is 10.4. The van der Waals surface area contributed by atoms with Crippen LogP contribution >= 0.6 is 11.6 Å². The van der Waals surface area contributed by atoms with Crippen molar-refractivity contribution >= 4 is 23.6 Å². The summed E-state index contributed by atoms with van der Waals surface area (Å²) in [7, 11) is 0. The first-order valence-corrected chi connectivity index (χ1v) is 7.48. The predicted molar refractivity (Wildman–Crippen MR) is 82.1 cm³/mol. The average molecular weight is 327 g/mol. The van der Waals surface area contributed by atoms with Crippen LogP contribution in [0, 0.1) is 0 Å². The summed E-state index contributed by atoms with van der Waals surface area (Å²) in [6, 6.07) is 6.78. The summed E-state index contributed by atoms with van der Waals surface area (Å²) >= 11 is 5.99. The Morgan fingerprint density at radius 2 is 2.18 bits per heavy atom. The van der Waals surface area contributed by atoms with Crippen LogP contribution in [0.4, 0.5) is 4.79 Å². The van der Waals surface area contributed by atoms with Crippen LogP contribution in [0.25, 0.3) is 0 Å². The lowest BCUT2D eigenvalue weighted by Crippen LogP contribution is -2.46. The Labute approximate surface area is 134 Å². The molecule has 0 bridgehead atoms. The van der Waals surface area contributed by atoms with Crippen molar-refractivity contribution in [2.24, 2.45) is 0 Å². The van der Waals surface area contributed by atoms with Crippen molar-refractivity contribution in [2.75, 3.05) is 19.7 Å². The zero-order valence-electron chi connectivity index (χ0n) is 12.5. The minimum Gasteiger partial charge on any atom is -0.479 e. The van der Waals surface area contributed by atoms with Crippen molar-refractivity contribution in [2.45, 2.75) is 26.0 Å². The van der Waals surface area contributed by atoms with Gasteiger partial charge in [0.2, 0.25) is 0 Å². The maximum Gasteiger partial charge on any atom is 0.410 e. The Balaban J connectivity index is 1.83. The number of nitrogens with one attached hydrogen (secondary N) is 1. The third-order valence-corrected chi connectivity index (χ3v) is 3.55. The van der Waals surface area contributed by atoms with E-state index in [1.54, 1.807) is 36.1 Å². The molecule has 0 saturated carbocycles. The van der Waals surface area contributed by atoms with Gasteiger partial charge >= 0.3 is 6.09 Å². The van der Waals surface area contributed by atoms with Crippen LogP contribution in [0.3, 0.4) is 0 Å². The lowest BCUT2D eigenvalue weighted by Gasteiger charge is -2.22. The number of benzene rings is 1. The van der Waals surface area contributed by atoms with E-state index in [2.05, 4.69) is 5.32 Å². The number of hydrogen-bond acceptors (Lipinski definition) is 4. The van der Waals surface area contributed by atoms with Gasteiger partial charge in [-0.05, 0) is 26.0 Å². The van der Waals surface area contributed by atoms with E-state index in [9.17, 15) is 9.59 Å². The monoisotopic (exact) mass is 326 g/mol. The number of nitrogens with zero attached hydrogens (tertiary/aromatic N) is 1. The molecule has 1 saturated heterocycles. The number of halogens is 1. The molecule has 1 aromatic rings. The van der Waals surface area contributed by atoms with Gasteiger partial charge < -0.3 is 19.7 Å². The van der Waals surface area contributed by atoms with Gasteiger partial charge in [0, 0.05) is 12.6 Å². The molecule has 1 heterocycles. The van der Waals surface area contributed by atoms with Crippen molar-refractivity contribution in [3.05, 3.63) is 29.3 Å². The first-order chi connectivity index (χ1) is 10.5. The van der Waals surface area contributed by atoms with Crippen molar-refractivity contribution in [3.63, 3.8) is 0 Å². The van der Waals surface area contributed by atoms with E-state index in [-0.39, 0.29) is 18.0 Å². The molecule has 1 N–H and O–H groups in total. The number of amides is 2. The van der Waals surface area contributed by atoms with Gasteiger partial charge in [0.25, 0.3) is 5.91 Å². The summed E-state index contributed by atoms with van der Waals surface area (Å²) in [5, 5.41) is 3.26. The number of carbonyl (C=O) groups excluding carboxylic acids is 2. The largest absolute Gasteiger partial charge is 0.479 e. The quantitative estimate of drug-likeness (QED) is 0.869. The Kier molecular flexibility index (Phi) is 5.49. The molecule has 22 heavy (non-hydrogen) atoms. The minimum atomic E-state index is -0.687. The van der Waals surface area contributed by atoms with Gasteiger partial charge in [-0.2, -0.15) is 0 Å². The van der Waals surface area contributed by atoms with E-state index < -0.39 is 6.10 Å². The molecule has 0 radical (unpaired) electrons. The average Bonchev–Trinajstić information content (AvgIpc) is 2.86. The maximum absolute atomic E-state index is 12.1. The first kappa shape index (κ1) is 16.4. The summed E-state index contributed by atoms with van der Waals surface area (Å²) in [6.45, 7) is 4.82. The molecule has 2 rings (SSSR count). The molecule has 2 atom stereocenters. The second-order valence-corrected chi connectivity index (χ2v) is 5.57. The molecule has 2 amide bonds. The maximum atomic E-state index is 12.1. The predicted octanol–water partition coefficient (Wildman–Crippen LogP) is 2.06. The summed E-state index contributed by atoms with van der Waals surface area (Å²) in [6.07, 6.45) is -1.03. The second kappa shape index (κ2) is 7.35. The molecular formula is C15H19ClN2O4. The number of ether oxygens (including phenoxy) is 2. The fraction of sp³-hybridized carbons (Fsp3) is 0.467. The van der Waals surface area contributed by atoms with Gasteiger partial charge in [0.15, 0.2) is 6.10 Å². The first-order valence-electron chi connectivity index (χ1n) is 7.10. The van der Waals surface area contributed by atoms with E-state index >= 15 is 0 Å². The molecule has 1 aliphatic heterocycles. The third-order valence-electron chi connectivity index (χ3n) is 3.24. The van der Waals surface area contributed by atoms with Crippen LogP contribution in [-0.4, -0.2) is 48.7 Å². The standard InChI is InChI=1S/C15H19ClN2O4/c1-10(9-18-7-8-21-15(18)20)17-14(19)11(2)22-13-6-4-3-5-12(13)16/h3-6,10-11H,7-9H2,1-2H3,(H,17,19)/t10-,11-/m1/s1. The van der Waals surface area contributed by atoms with Crippen molar-refractivity contribution < 1.29 is 19.1 Å². The number of para-hydroxylation sites is 1.